The van der Waals surface area contributed by atoms with E-state index in [9.17, 15) is 4.79 Å². The second kappa shape index (κ2) is 10.8. The van der Waals surface area contributed by atoms with Crippen molar-refractivity contribution in [2.75, 3.05) is 44.2 Å². The summed E-state index contributed by atoms with van der Waals surface area (Å²) in [5.74, 6) is 1.22. The van der Waals surface area contributed by atoms with Crippen molar-refractivity contribution in [3.63, 3.8) is 0 Å². The molecule has 2 fully saturated rings. The van der Waals surface area contributed by atoms with Gasteiger partial charge in [0.1, 0.15) is 0 Å². The summed E-state index contributed by atoms with van der Waals surface area (Å²) in [5, 5.41) is 5.13. The molecule has 1 atom stereocenters. The molecule has 9 heteroatoms. The van der Waals surface area contributed by atoms with Crippen LogP contribution in [-0.4, -0.2) is 65.1 Å². The van der Waals surface area contributed by atoms with Gasteiger partial charge < -0.3 is 14.3 Å². The molecule has 2 saturated heterocycles. The Hall–Kier alpha value is -2.61. The van der Waals surface area contributed by atoms with E-state index in [1.165, 1.54) is 16.8 Å². The van der Waals surface area contributed by atoms with Crippen LogP contribution in [0.3, 0.4) is 0 Å². The topological polar surface area (TPSA) is 65.7 Å². The molecule has 2 aliphatic heterocycles. The molecule has 1 amide bonds. The van der Waals surface area contributed by atoms with E-state index in [4.69, 9.17) is 27.7 Å². The summed E-state index contributed by atoms with van der Waals surface area (Å²) in [6.07, 6.45) is 1.89. The first-order chi connectivity index (χ1) is 17.4. The molecule has 7 nitrogen and oxygen atoms in total. The number of aromatic nitrogens is 2. The van der Waals surface area contributed by atoms with Crippen LogP contribution < -0.4 is 4.90 Å². The molecular formula is C27H31Cl2N5O2. The Morgan fingerprint density at radius 1 is 1.08 bits per heavy atom. The Balaban J connectivity index is 1.17. The summed E-state index contributed by atoms with van der Waals surface area (Å²) in [5.41, 5.74) is 4.59. The molecule has 2 aromatic carbocycles. The number of piperidine rings is 1. The molecule has 0 saturated carbocycles. The number of anilines is 1. The minimum Gasteiger partial charge on any atom is -0.368 e. The number of carbonyl (C=O) groups excluding carboxylic acids is 1. The van der Waals surface area contributed by atoms with Gasteiger partial charge in [0.2, 0.25) is 17.6 Å². The third kappa shape index (κ3) is 5.38. The van der Waals surface area contributed by atoms with Crippen LogP contribution in [0.25, 0.3) is 11.4 Å². The van der Waals surface area contributed by atoms with Gasteiger partial charge >= 0.3 is 0 Å². The number of piperazine rings is 1. The van der Waals surface area contributed by atoms with Gasteiger partial charge in [0.15, 0.2) is 0 Å². The van der Waals surface area contributed by atoms with Gasteiger partial charge in [-0.3, -0.25) is 9.69 Å². The maximum Gasteiger partial charge on any atom is 0.241 e. The van der Waals surface area contributed by atoms with Crippen molar-refractivity contribution < 1.29 is 9.32 Å². The molecule has 2 aliphatic rings. The van der Waals surface area contributed by atoms with Gasteiger partial charge in [-0.25, -0.2) is 0 Å². The lowest BCUT2D eigenvalue weighted by Crippen LogP contribution is -2.52. The van der Waals surface area contributed by atoms with E-state index in [0.29, 0.717) is 40.4 Å². The second-order valence-corrected chi connectivity index (χ2v) is 10.6. The quantitative estimate of drug-likeness (QED) is 0.453. The Kier molecular flexibility index (Phi) is 7.51. The van der Waals surface area contributed by atoms with Crippen molar-refractivity contribution in [3.05, 3.63) is 63.5 Å². The Labute approximate surface area is 222 Å². The molecule has 0 aliphatic carbocycles. The number of nitrogens with zero attached hydrogens (tertiary/aromatic N) is 5. The number of amides is 1. The monoisotopic (exact) mass is 527 g/mol. The summed E-state index contributed by atoms with van der Waals surface area (Å²) in [7, 11) is 0. The molecule has 36 heavy (non-hydrogen) atoms. The largest absolute Gasteiger partial charge is 0.368 e. The predicted octanol–water partition coefficient (Wildman–Crippen LogP) is 5.22. The molecule has 0 radical (unpaired) electrons. The highest BCUT2D eigenvalue weighted by molar-refractivity contribution is 6.36. The van der Waals surface area contributed by atoms with Crippen LogP contribution in [-0.2, 0) is 11.3 Å². The highest BCUT2D eigenvalue weighted by Crippen LogP contribution is 2.29. The minimum absolute atomic E-state index is 0.000827. The van der Waals surface area contributed by atoms with Gasteiger partial charge in [-0.2, -0.15) is 4.98 Å². The summed E-state index contributed by atoms with van der Waals surface area (Å²) in [4.78, 5) is 24.6. The molecule has 0 bridgehead atoms. The first-order valence-corrected chi connectivity index (χ1v) is 13.2. The summed E-state index contributed by atoms with van der Waals surface area (Å²) < 4.78 is 5.50. The van der Waals surface area contributed by atoms with Crippen molar-refractivity contribution in [2.24, 2.45) is 5.92 Å². The van der Waals surface area contributed by atoms with E-state index in [0.717, 1.165) is 45.6 Å². The van der Waals surface area contributed by atoms with E-state index < -0.39 is 0 Å². The van der Waals surface area contributed by atoms with Crippen molar-refractivity contribution in [3.8, 4) is 11.4 Å². The lowest BCUT2D eigenvalue weighted by Gasteiger charge is -2.40. The summed E-state index contributed by atoms with van der Waals surface area (Å²) in [6.45, 7) is 9.70. The fraction of sp³-hybridized carbons (Fsp3) is 0.444. The Bertz CT molecular complexity index is 1240. The van der Waals surface area contributed by atoms with Gasteiger partial charge in [0, 0.05) is 49.0 Å². The third-order valence-electron chi connectivity index (χ3n) is 7.36. The Morgan fingerprint density at radius 3 is 2.67 bits per heavy atom. The molecule has 190 valence electrons. The number of halogens is 2. The van der Waals surface area contributed by atoms with Crippen LogP contribution in [0.15, 0.2) is 40.9 Å². The van der Waals surface area contributed by atoms with Crippen molar-refractivity contribution in [1.82, 2.24) is 19.9 Å². The predicted molar refractivity (Wildman–Crippen MR) is 142 cm³/mol. The Morgan fingerprint density at radius 2 is 1.89 bits per heavy atom. The van der Waals surface area contributed by atoms with Crippen LogP contribution >= 0.6 is 23.2 Å². The van der Waals surface area contributed by atoms with E-state index >= 15 is 0 Å². The van der Waals surface area contributed by atoms with E-state index in [-0.39, 0.29) is 11.8 Å². The zero-order valence-electron chi connectivity index (χ0n) is 20.7. The lowest BCUT2D eigenvalue weighted by molar-refractivity contribution is -0.137. The van der Waals surface area contributed by atoms with Crippen LogP contribution in [0.4, 0.5) is 5.69 Å². The standard InChI is InChI=1S/C27H31Cl2N5O2/c1-18-5-3-7-24(19(18)2)33-11-13-34(14-12-33)27(35)20-6-4-10-32(16-20)17-25-30-26(31-36-25)22-9-8-21(28)15-23(22)29/h3,5,7-9,15,20H,4,6,10-14,16-17H2,1-2H3. The summed E-state index contributed by atoms with van der Waals surface area (Å²) in [6, 6.07) is 11.6. The first kappa shape index (κ1) is 25.1. The molecule has 3 aromatic rings. The zero-order chi connectivity index (χ0) is 25.2. The molecule has 0 spiro atoms. The van der Waals surface area contributed by atoms with Crippen molar-refractivity contribution in [1.29, 1.82) is 0 Å². The minimum atomic E-state index is -0.000827. The first-order valence-electron chi connectivity index (χ1n) is 12.5. The lowest BCUT2D eigenvalue weighted by atomic mass is 9.96. The van der Waals surface area contributed by atoms with Gasteiger partial charge in [0.05, 0.1) is 17.5 Å². The van der Waals surface area contributed by atoms with Crippen LogP contribution in [0.1, 0.15) is 29.9 Å². The summed E-state index contributed by atoms with van der Waals surface area (Å²) >= 11 is 12.3. The number of likely N-dealkylation sites (tertiary alicyclic amines) is 1. The maximum absolute atomic E-state index is 13.4. The third-order valence-corrected chi connectivity index (χ3v) is 7.91. The zero-order valence-corrected chi connectivity index (χ0v) is 22.2. The highest BCUT2D eigenvalue weighted by Gasteiger charge is 2.32. The highest BCUT2D eigenvalue weighted by atomic mass is 35.5. The SMILES string of the molecule is Cc1cccc(N2CCN(C(=O)C3CCCN(Cc4nc(-c5ccc(Cl)cc5Cl)no4)C3)CC2)c1C. The number of hydrogen-bond acceptors (Lipinski definition) is 6. The molecule has 5 rings (SSSR count). The van der Waals surface area contributed by atoms with Crippen LogP contribution in [0.2, 0.25) is 10.0 Å². The normalized spacial score (nSPS) is 19.1. The van der Waals surface area contributed by atoms with Gasteiger partial charge in [-0.05, 0) is 68.6 Å². The smallest absolute Gasteiger partial charge is 0.241 e. The van der Waals surface area contributed by atoms with Crippen LogP contribution in [0, 0.1) is 19.8 Å². The fourth-order valence-electron chi connectivity index (χ4n) is 5.20. The molecular weight excluding hydrogens is 497 g/mol. The molecule has 1 aromatic heterocycles. The maximum atomic E-state index is 13.4. The number of rotatable bonds is 5. The number of benzene rings is 2. The van der Waals surface area contributed by atoms with E-state index in [1.807, 2.05) is 4.90 Å². The number of hydrogen-bond donors (Lipinski definition) is 0. The number of carbonyl (C=O) groups is 1. The van der Waals surface area contributed by atoms with Gasteiger partial charge in [0.25, 0.3) is 0 Å². The molecule has 3 heterocycles. The van der Waals surface area contributed by atoms with Gasteiger partial charge in [-0.15, -0.1) is 0 Å². The van der Waals surface area contributed by atoms with Crippen molar-refractivity contribution >= 4 is 34.8 Å². The average Bonchev–Trinajstić information content (AvgIpc) is 3.33. The number of aryl methyl sites for hydroxylation is 1. The average molecular weight is 528 g/mol. The van der Waals surface area contributed by atoms with Crippen LogP contribution in [0.5, 0.6) is 0 Å². The molecule has 0 N–H and O–H groups in total. The van der Waals surface area contributed by atoms with E-state index in [2.05, 4.69) is 52.0 Å². The van der Waals surface area contributed by atoms with Crippen molar-refractivity contribution in [2.45, 2.75) is 33.2 Å². The fourth-order valence-corrected chi connectivity index (χ4v) is 5.69. The second-order valence-electron chi connectivity index (χ2n) is 9.74. The molecule has 1 unspecified atom stereocenters. The van der Waals surface area contributed by atoms with E-state index in [1.54, 1.807) is 18.2 Å². The van der Waals surface area contributed by atoms with Gasteiger partial charge in [-0.1, -0.05) is 40.5 Å².